The van der Waals surface area contributed by atoms with Gasteiger partial charge in [0.2, 0.25) is 0 Å². The van der Waals surface area contributed by atoms with Gasteiger partial charge in [-0.15, -0.1) is 0 Å². The van der Waals surface area contributed by atoms with Gasteiger partial charge in [0.15, 0.2) is 0 Å². The first-order valence-corrected chi connectivity index (χ1v) is 10.7. The largest absolute Gasteiger partial charge is 0.351 e. The van der Waals surface area contributed by atoms with E-state index in [1.807, 2.05) is 24.3 Å². The molecule has 0 aromatic heterocycles. The van der Waals surface area contributed by atoms with Crippen LogP contribution in [0.3, 0.4) is 0 Å². The predicted octanol–water partition coefficient (Wildman–Crippen LogP) is 2.52. The molecule has 0 spiro atoms. The lowest BCUT2D eigenvalue weighted by Gasteiger charge is -2.19. The molecule has 10 heteroatoms. The third-order valence-electron chi connectivity index (χ3n) is 4.83. The summed E-state index contributed by atoms with van der Waals surface area (Å²) < 4.78 is 13.8. The summed E-state index contributed by atoms with van der Waals surface area (Å²) in [5, 5.41) is 14.8. The fourth-order valence-corrected chi connectivity index (χ4v) is 3.14. The van der Waals surface area contributed by atoms with E-state index in [0.717, 1.165) is 18.1 Å². The van der Waals surface area contributed by atoms with E-state index in [-0.39, 0.29) is 35.9 Å². The number of nitrogens with zero attached hydrogens (tertiary/aromatic N) is 2. The summed E-state index contributed by atoms with van der Waals surface area (Å²) >= 11 is 5.68. The van der Waals surface area contributed by atoms with Crippen LogP contribution in [0.15, 0.2) is 47.5 Å². The number of nitrogens with two attached hydrogens (primary N) is 1. The van der Waals surface area contributed by atoms with Crippen LogP contribution in [0.4, 0.5) is 4.39 Å². The molecule has 0 heterocycles. The van der Waals surface area contributed by atoms with Gasteiger partial charge < -0.3 is 10.6 Å². The molecule has 2 amide bonds. The lowest BCUT2D eigenvalue weighted by molar-refractivity contribution is -0.115. The van der Waals surface area contributed by atoms with Gasteiger partial charge in [-0.2, -0.15) is 0 Å². The molecule has 0 bridgehead atoms. The van der Waals surface area contributed by atoms with Crippen molar-refractivity contribution < 1.29 is 14.0 Å². The summed E-state index contributed by atoms with van der Waals surface area (Å²) in [4.78, 5) is 28.6. The highest BCUT2D eigenvalue weighted by atomic mass is 35.5. The number of nitrogens with one attached hydrogen (secondary N) is 3. The monoisotopic (exact) mass is 474 g/mol. The maximum Gasteiger partial charge on any atom is 0.267 e. The Morgan fingerprint density at radius 3 is 2.58 bits per heavy atom. The number of hydrogen-bond donors (Lipinski definition) is 4. The number of aliphatic imine (C=N–C) groups is 1. The van der Waals surface area contributed by atoms with E-state index in [2.05, 4.69) is 22.5 Å². The number of benzene rings is 2. The fraction of sp³-hybridized carbons (Fsp3) is 0.304. The first-order chi connectivity index (χ1) is 15.7. The van der Waals surface area contributed by atoms with Crippen LogP contribution in [0.2, 0.25) is 5.02 Å². The third kappa shape index (κ3) is 8.05. The Morgan fingerprint density at radius 2 is 1.97 bits per heavy atom. The second kappa shape index (κ2) is 12.8. The number of halogens is 2. The highest BCUT2D eigenvalue weighted by Crippen LogP contribution is 2.15. The van der Waals surface area contributed by atoms with Crippen molar-refractivity contribution in [3.05, 3.63) is 70.0 Å². The zero-order valence-electron chi connectivity index (χ0n) is 18.6. The number of rotatable bonds is 11. The molecule has 0 aliphatic heterocycles. The van der Waals surface area contributed by atoms with Crippen LogP contribution in [0.1, 0.15) is 34.5 Å². The number of amides is 2. The van der Waals surface area contributed by atoms with E-state index in [1.165, 1.54) is 22.7 Å². The van der Waals surface area contributed by atoms with Crippen LogP contribution in [-0.2, 0) is 11.2 Å². The van der Waals surface area contributed by atoms with Crippen molar-refractivity contribution in [2.45, 2.75) is 19.4 Å². The molecular weight excluding hydrogens is 447 g/mol. The van der Waals surface area contributed by atoms with Crippen molar-refractivity contribution in [1.29, 1.82) is 5.41 Å². The lowest BCUT2D eigenvalue weighted by atomic mass is 10.0. The van der Waals surface area contributed by atoms with Crippen LogP contribution in [0.5, 0.6) is 0 Å². The molecule has 0 saturated heterocycles. The Kier molecular flexibility index (Phi) is 10.1. The maximum atomic E-state index is 13.8. The maximum absolute atomic E-state index is 13.8. The van der Waals surface area contributed by atoms with Gasteiger partial charge in [0.1, 0.15) is 11.5 Å². The van der Waals surface area contributed by atoms with Gasteiger partial charge in [-0.1, -0.05) is 42.8 Å². The van der Waals surface area contributed by atoms with Crippen molar-refractivity contribution in [2.24, 2.45) is 10.8 Å². The van der Waals surface area contributed by atoms with E-state index in [1.54, 1.807) is 13.3 Å². The SMILES string of the molecule is CCc1ccc(C(C=NC)NC(=O)C(=N)CN(N)CCNC(=O)c2ccc(Cl)cc2F)cc1. The third-order valence-corrected chi connectivity index (χ3v) is 5.06. The second-order valence-electron chi connectivity index (χ2n) is 7.28. The van der Waals surface area contributed by atoms with E-state index in [0.29, 0.717) is 0 Å². The van der Waals surface area contributed by atoms with Gasteiger partial charge in [-0.25, -0.2) is 9.40 Å². The second-order valence-corrected chi connectivity index (χ2v) is 7.72. The minimum Gasteiger partial charge on any atom is -0.351 e. The Labute approximate surface area is 197 Å². The first kappa shape index (κ1) is 26.1. The molecular formula is C23H28ClFN6O2. The Hall–Kier alpha value is -3.14. The van der Waals surface area contributed by atoms with E-state index < -0.39 is 23.7 Å². The van der Waals surface area contributed by atoms with Gasteiger partial charge in [0, 0.05) is 31.4 Å². The van der Waals surface area contributed by atoms with E-state index in [4.69, 9.17) is 22.9 Å². The molecule has 1 atom stereocenters. The zero-order valence-corrected chi connectivity index (χ0v) is 19.3. The molecule has 1 unspecified atom stereocenters. The summed E-state index contributed by atoms with van der Waals surface area (Å²) in [7, 11) is 1.61. The molecule has 2 rings (SSSR count). The van der Waals surface area contributed by atoms with Crippen LogP contribution >= 0.6 is 11.6 Å². The van der Waals surface area contributed by atoms with Gasteiger partial charge >= 0.3 is 0 Å². The average Bonchev–Trinajstić information content (AvgIpc) is 2.78. The molecule has 5 N–H and O–H groups in total. The minimum atomic E-state index is -0.724. The Bertz CT molecular complexity index is 1010. The average molecular weight is 475 g/mol. The van der Waals surface area contributed by atoms with Crippen LogP contribution in [0, 0.1) is 11.2 Å². The normalized spacial score (nSPS) is 12.1. The van der Waals surface area contributed by atoms with Crippen molar-refractivity contribution in [3.63, 3.8) is 0 Å². The number of aryl methyl sites for hydroxylation is 1. The number of carbonyl (C=O) groups excluding carboxylic acids is 2. The highest BCUT2D eigenvalue weighted by Gasteiger charge is 2.18. The van der Waals surface area contributed by atoms with Crippen molar-refractivity contribution >= 4 is 35.3 Å². The summed E-state index contributed by atoms with van der Waals surface area (Å²) in [6, 6.07) is 11.1. The van der Waals surface area contributed by atoms with Gasteiger partial charge in [0.25, 0.3) is 11.8 Å². The molecule has 2 aromatic rings. The van der Waals surface area contributed by atoms with Crippen LogP contribution in [-0.4, -0.2) is 55.4 Å². The quantitative estimate of drug-likeness (QED) is 0.227. The molecule has 0 fully saturated rings. The Morgan fingerprint density at radius 1 is 1.27 bits per heavy atom. The molecule has 8 nitrogen and oxygen atoms in total. The number of hydrogen-bond acceptors (Lipinski definition) is 6. The molecule has 176 valence electrons. The van der Waals surface area contributed by atoms with E-state index in [9.17, 15) is 14.0 Å². The number of carbonyl (C=O) groups is 2. The van der Waals surface area contributed by atoms with Crippen LogP contribution in [0.25, 0.3) is 0 Å². The minimum absolute atomic E-state index is 0.0984. The summed E-state index contributed by atoms with van der Waals surface area (Å²) in [6.07, 6.45) is 2.50. The zero-order chi connectivity index (χ0) is 24.4. The molecule has 33 heavy (non-hydrogen) atoms. The summed E-state index contributed by atoms with van der Waals surface area (Å²) in [5.74, 6) is 3.95. The highest BCUT2D eigenvalue weighted by molar-refractivity contribution is 6.38. The van der Waals surface area contributed by atoms with Gasteiger partial charge in [-0.3, -0.25) is 25.8 Å². The molecule has 0 radical (unpaired) electrons. The standard InChI is InChI=1S/C23H28ClFN6O2/c1-3-15-4-6-16(7-5-15)21(13-28-2)30-23(33)20(26)14-31(27)11-10-29-22(32)18-9-8-17(24)12-19(18)25/h4-9,12-13,21,26H,3,10-11,14,27H2,1-2H3,(H,29,32)(H,30,33). The van der Waals surface area contributed by atoms with Gasteiger partial charge in [0.05, 0.1) is 18.2 Å². The lowest BCUT2D eigenvalue weighted by Crippen LogP contribution is -2.46. The van der Waals surface area contributed by atoms with Crippen LogP contribution < -0.4 is 16.5 Å². The molecule has 0 saturated carbocycles. The van der Waals surface area contributed by atoms with Gasteiger partial charge in [-0.05, 0) is 35.7 Å². The molecule has 2 aromatic carbocycles. The number of hydrazine groups is 1. The topological polar surface area (TPSA) is 124 Å². The Balaban J connectivity index is 1.84. The molecule has 0 aliphatic carbocycles. The van der Waals surface area contributed by atoms with Crippen molar-refractivity contribution in [2.75, 3.05) is 26.7 Å². The van der Waals surface area contributed by atoms with Crippen molar-refractivity contribution in [1.82, 2.24) is 15.6 Å². The molecule has 0 aliphatic rings. The smallest absolute Gasteiger partial charge is 0.267 e. The van der Waals surface area contributed by atoms with Crippen molar-refractivity contribution in [3.8, 4) is 0 Å². The fourth-order valence-electron chi connectivity index (χ4n) is 2.98. The summed E-state index contributed by atoms with van der Waals surface area (Å²) in [5.41, 5.74) is 1.65. The summed E-state index contributed by atoms with van der Waals surface area (Å²) in [6.45, 7) is 2.17. The van der Waals surface area contributed by atoms with E-state index >= 15 is 0 Å². The predicted molar refractivity (Wildman–Crippen MR) is 128 cm³/mol. The first-order valence-electron chi connectivity index (χ1n) is 10.4.